The molecule has 2 heterocycles. The topological polar surface area (TPSA) is 76.0 Å². The van der Waals surface area contributed by atoms with E-state index >= 15 is 0 Å². The number of benzene rings is 1. The first kappa shape index (κ1) is 17.4. The zero-order valence-corrected chi connectivity index (χ0v) is 15.5. The van der Waals surface area contributed by atoms with E-state index in [0.717, 1.165) is 16.8 Å². The van der Waals surface area contributed by atoms with Gasteiger partial charge in [0.05, 0.1) is 17.5 Å². The average Bonchev–Trinajstić information content (AvgIpc) is 2.93. The van der Waals surface area contributed by atoms with Gasteiger partial charge < -0.3 is 9.64 Å². The molecule has 130 valence electrons. The molecule has 2 atom stereocenters. The quantitative estimate of drug-likeness (QED) is 0.806. The van der Waals surface area contributed by atoms with Crippen LogP contribution in [-0.2, 0) is 19.4 Å². The summed E-state index contributed by atoms with van der Waals surface area (Å²) in [5.74, 6) is -0.146. The molecule has 0 aliphatic carbocycles. The highest BCUT2D eigenvalue weighted by Crippen LogP contribution is 2.41. The van der Waals surface area contributed by atoms with E-state index in [1.807, 2.05) is 36.9 Å². The van der Waals surface area contributed by atoms with Gasteiger partial charge >= 0.3 is 0 Å². The van der Waals surface area contributed by atoms with Crippen LogP contribution in [0.1, 0.15) is 11.1 Å². The molecule has 0 unspecified atom stereocenters. The minimum absolute atomic E-state index is 0.0849. The summed E-state index contributed by atoms with van der Waals surface area (Å²) in [6, 6.07) is 5.78. The third kappa shape index (κ3) is 3.36. The maximum absolute atomic E-state index is 12.0. The summed E-state index contributed by atoms with van der Waals surface area (Å²) in [4.78, 5) is 17.9. The van der Waals surface area contributed by atoms with Crippen molar-refractivity contribution in [3.8, 4) is 0 Å². The molecule has 0 radical (unpaired) electrons. The van der Waals surface area contributed by atoms with E-state index in [1.54, 1.807) is 0 Å². The van der Waals surface area contributed by atoms with Crippen LogP contribution in [0.5, 0.6) is 0 Å². The Morgan fingerprint density at radius 2 is 2.08 bits per heavy atom. The molecule has 1 aromatic rings. The standard InChI is InChI=1S/C16H20N2O4S2/c1-10-4-5-12(6-11(10)2)18-13-8-24(20,21)9-14(13)23-16(18)17-15(19)7-22-3/h4-6,13-14H,7-9H2,1-3H3/t13-,14+/m0/s1. The van der Waals surface area contributed by atoms with E-state index < -0.39 is 9.84 Å². The van der Waals surface area contributed by atoms with Crippen LogP contribution >= 0.6 is 11.8 Å². The minimum atomic E-state index is -3.05. The van der Waals surface area contributed by atoms with Crippen LogP contribution in [0.3, 0.4) is 0 Å². The molecule has 0 N–H and O–H groups in total. The molecule has 3 rings (SSSR count). The van der Waals surface area contributed by atoms with Gasteiger partial charge in [-0.2, -0.15) is 4.99 Å². The number of anilines is 1. The number of nitrogens with zero attached hydrogens (tertiary/aromatic N) is 2. The predicted octanol–water partition coefficient (Wildman–Crippen LogP) is 1.55. The Hall–Kier alpha value is -1.38. The predicted molar refractivity (Wildman–Crippen MR) is 96.5 cm³/mol. The number of methoxy groups -OCH3 is 1. The third-order valence-electron chi connectivity index (χ3n) is 4.32. The molecule has 2 aliphatic rings. The number of sulfone groups is 1. The molecule has 2 fully saturated rings. The highest BCUT2D eigenvalue weighted by atomic mass is 32.2. The highest BCUT2D eigenvalue weighted by Gasteiger charge is 2.49. The number of rotatable bonds is 3. The summed E-state index contributed by atoms with van der Waals surface area (Å²) in [6.07, 6.45) is 0. The van der Waals surface area contributed by atoms with Crippen molar-refractivity contribution in [2.24, 2.45) is 4.99 Å². The monoisotopic (exact) mass is 368 g/mol. The van der Waals surface area contributed by atoms with Gasteiger partial charge in [-0.1, -0.05) is 17.8 Å². The molecule has 0 bridgehead atoms. The fourth-order valence-corrected chi connectivity index (χ4v) is 6.94. The lowest BCUT2D eigenvalue weighted by molar-refractivity contribution is -0.121. The number of carbonyl (C=O) groups is 1. The molecular formula is C16H20N2O4S2. The first-order chi connectivity index (χ1) is 11.3. The highest BCUT2D eigenvalue weighted by molar-refractivity contribution is 8.16. The lowest BCUT2D eigenvalue weighted by Gasteiger charge is -2.25. The van der Waals surface area contributed by atoms with Crippen molar-refractivity contribution in [3.63, 3.8) is 0 Å². The minimum Gasteiger partial charge on any atom is -0.375 e. The Balaban J connectivity index is 2.01. The van der Waals surface area contributed by atoms with E-state index in [1.165, 1.54) is 18.9 Å². The van der Waals surface area contributed by atoms with Gasteiger partial charge in [0.15, 0.2) is 15.0 Å². The lowest BCUT2D eigenvalue weighted by atomic mass is 10.1. The van der Waals surface area contributed by atoms with Crippen molar-refractivity contribution in [3.05, 3.63) is 29.3 Å². The summed E-state index contributed by atoms with van der Waals surface area (Å²) < 4.78 is 28.8. The van der Waals surface area contributed by atoms with Crippen molar-refractivity contribution in [2.45, 2.75) is 25.1 Å². The van der Waals surface area contributed by atoms with Gasteiger partial charge in [0.25, 0.3) is 5.91 Å². The third-order valence-corrected chi connectivity index (χ3v) is 7.53. The van der Waals surface area contributed by atoms with Gasteiger partial charge in [0, 0.05) is 18.0 Å². The van der Waals surface area contributed by atoms with Gasteiger partial charge in [-0.3, -0.25) is 4.79 Å². The summed E-state index contributed by atoms with van der Waals surface area (Å²) in [5.41, 5.74) is 3.15. The summed E-state index contributed by atoms with van der Waals surface area (Å²) in [5, 5.41) is 0.468. The fraction of sp³-hybridized carbons (Fsp3) is 0.500. The molecule has 1 amide bonds. The molecule has 24 heavy (non-hydrogen) atoms. The first-order valence-electron chi connectivity index (χ1n) is 7.65. The number of carbonyl (C=O) groups excluding carboxylic acids is 1. The fourth-order valence-electron chi connectivity index (χ4n) is 3.00. The molecule has 0 spiro atoms. The van der Waals surface area contributed by atoms with Crippen molar-refractivity contribution >= 4 is 38.4 Å². The Kier molecular flexibility index (Phi) is 4.72. The van der Waals surface area contributed by atoms with Crippen molar-refractivity contribution in [2.75, 3.05) is 30.1 Å². The molecule has 0 saturated carbocycles. The molecule has 2 saturated heterocycles. The molecule has 2 aliphatic heterocycles. The molecule has 0 aromatic heterocycles. The molecular weight excluding hydrogens is 348 g/mol. The summed E-state index contributed by atoms with van der Waals surface area (Å²) >= 11 is 1.37. The normalized spacial score (nSPS) is 26.8. The van der Waals surface area contributed by atoms with Crippen LogP contribution in [0.25, 0.3) is 0 Å². The van der Waals surface area contributed by atoms with Crippen LogP contribution in [0, 0.1) is 13.8 Å². The number of amides is 1. The van der Waals surface area contributed by atoms with Gasteiger partial charge in [-0.05, 0) is 37.1 Å². The number of aliphatic imine (C=N–C) groups is 1. The number of fused-ring (bicyclic) bond motifs is 1. The second kappa shape index (κ2) is 6.50. The zero-order valence-electron chi connectivity index (χ0n) is 13.9. The Labute approximate surface area is 146 Å². The van der Waals surface area contributed by atoms with Crippen LogP contribution in [0.2, 0.25) is 0 Å². The second-order valence-corrected chi connectivity index (χ2v) is 9.52. The van der Waals surface area contributed by atoms with Gasteiger partial charge in [0.1, 0.15) is 6.61 Å². The first-order valence-corrected chi connectivity index (χ1v) is 10.3. The molecule has 1 aromatic carbocycles. The SMILES string of the molecule is COCC(=O)N=C1S[C@@H]2CS(=O)(=O)C[C@@H]2N1c1ccc(C)c(C)c1. The van der Waals surface area contributed by atoms with E-state index in [4.69, 9.17) is 4.74 Å². The Bertz CT molecular complexity index is 804. The van der Waals surface area contributed by atoms with Crippen LogP contribution in [-0.4, -0.2) is 56.0 Å². The Morgan fingerprint density at radius 3 is 2.75 bits per heavy atom. The van der Waals surface area contributed by atoms with E-state index in [9.17, 15) is 13.2 Å². The number of aryl methyl sites for hydroxylation is 2. The van der Waals surface area contributed by atoms with Crippen molar-refractivity contribution in [1.82, 2.24) is 0 Å². The number of ether oxygens (including phenoxy) is 1. The summed E-state index contributed by atoms with van der Waals surface area (Å²) in [7, 11) is -1.61. The van der Waals surface area contributed by atoms with E-state index in [-0.39, 0.29) is 35.3 Å². The number of amidine groups is 1. The maximum atomic E-state index is 12.0. The van der Waals surface area contributed by atoms with Crippen molar-refractivity contribution < 1.29 is 17.9 Å². The number of hydrogen-bond donors (Lipinski definition) is 0. The van der Waals surface area contributed by atoms with Gasteiger partial charge in [-0.25, -0.2) is 8.42 Å². The van der Waals surface area contributed by atoms with Crippen molar-refractivity contribution in [1.29, 1.82) is 0 Å². The van der Waals surface area contributed by atoms with Gasteiger partial charge in [0.2, 0.25) is 0 Å². The Morgan fingerprint density at radius 1 is 1.33 bits per heavy atom. The average molecular weight is 368 g/mol. The van der Waals surface area contributed by atoms with E-state index in [2.05, 4.69) is 4.99 Å². The number of hydrogen-bond acceptors (Lipinski definition) is 5. The van der Waals surface area contributed by atoms with Gasteiger partial charge in [-0.15, -0.1) is 0 Å². The number of thioether (sulfide) groups is 1. The van der Waals surface area contributed by atoms with E-state index in [0.29, 0.717) is 5.17 Å². The largest absolute Gasteiger partial charge is 0.375 e. The second-order valence-electron chi connectivity index (χ2n) is 6.16. The summed E-state index contributed by atoms with van der Waals surface area (Å²) in [6.45, 7) is 3.95. The molecule has 8 heteroatoms. The van der Waals surface area contributed by atoms with Crippen LogP contribution in [0.4, 0.5) is 5.69 Å². The zero-order chi connectivity index (χ0) is 17.5. The maximum Gasteiger partial charge on any atom is 0.274 e. The lowest BCUT2D eigenvalue weighted by Crippen LogP contribution is -2.37. The van der Waals surface area contributed by atoms with Crippen LogP contribution in [0.15, 0.2) is 23.2 Å². The smallest absolute Gasteiger partial charge is 0.274 e. The van der Waals surface area contributed by atoms with Crippen LogP contribution < -0.4 is 4.90 Å². The molecule has 6 nitrogen and oxygen atoms in total.